The number of aromatic nitrogens is 4. The maximum atomic E-state index is 15.3. The highest BCUT2D eigenvalue weighted by atomic mass is 35.5. The Hall–Kier alpha value is -2.73. The average Bonchev–Trinajstić information content (AvgIpc) is 3.23. The SMILES string of the molecule is C[C@H](Nc1c(-c2c(F)cc(OC3CC4(CCN(C)CC4)C3)cc2F)c(Cl)nc2ncnn12)C(F)(F)F. The Labute approximate surface area is 208 Å². The Morgan fingerprint density at radius 1 is 1.14 bits per heavy atom. The maximum absolute atomic E-state index is 15.3. The first-order chi connectivity index (χ1) is 17.0. The molecule has 0 amide bonds. The van der Waals surface area contributed by atoms with Crippen molar-refractivity contribution < 1.29 is 26.7 Å². The van der Waals surface area contributed by atoms with Crippen LogP contribution in [0.5, 0.6) is 5.75 Å². The number of hydrogen-bond donors (Lipinski definition) is 1. The van der Waals surface area contributed by atoms with Gasteiger partial charge < -0.3 is 15.0 Å². The molecule has 1 aliphatic carbocycles. The van der Waals surface area contributed by atoms with Gasteiger partial charge in [0.1, 0.15) is 40.7 Å². The van der Waals surface area contributed by atoms with Gasteiger partial charge in [0.05, 0.1) is 17.2 Å². The van der Waals surface area contributed by atoms with Crippen molar-refractivity contribution in [2.75, 3.05) is 25.5 Å². The monoisotopic (exact) mass is 530 g/mol. The molecule has 1 spiro atoms. The van der Waals surface area contributed by atoms with E-state index in [9.17, 15) is 13.2 Å². The van der Waals surface area contributed by atoms with E-state index in [1.165, 1.54) is 0 Å². The Bertz CT molecular complexity index is 1260. The maximum Gasteiger partial charge on any atom is 0.408 e. The fourth-order valence-corrected chi connectivity index (χ4v) is 5.26. The van der Waals surface area contributed by atoms with Crippen molar-refractivity contribution in [3.05, 3.63) is 35.2 Å². The molecular weight excluding hydrogens is 507 g/mol. The number of benzene rings is 1. The molecule has 0 radical (unpaired) electrons. The van der Waals surface area contributed by atoms with Gasteiger partial charge in [0.25, 0.3) is 5.78 Å². The number of nitrogens with zero attached hydrogens (tertiary/aromatic N) is 5. The van der Waals surface area contributed by atoms with Crippen LogP contribution in [0.4, 0.5) is 27.8 Å². The van der Waals surface area contributed by atoms with Crippen LogP contribution in [-0.2, 0) is 0 Å². The predicted octanol–water partition coefficient (Wildman–Crippen LogP) is 5.34. The highest BCUT2D eigenvalue weighted by Crippen LogP contribution is 2.50. The third kappa shape index (κ3) is 4.56. The molecule has 2 fully saturated rings. The van der Waals surface area contributed by atoms with E-state index in [1.807, 2.05) is 0 Å². The molecule has 1 saturated carbocycles. The summed E-state index contributed by atoms with van der Waals surface area (Å²) in [5, 5.41) is 5.63. The number of alkyl halides is 3. The zero-order valence-corrected chi connectivity index (χ0v) is 20.3. The molecule has 7 nitrogen and oxygen atoms in total. The Morgan fingerprint density at radius 2 is 1.78 bits per heavy atom. The van der Waals surface area contributed by atoms with Gasteiger partial charge in [-0.05, 0) is 58.2 Å². The normalized spacial score (nSPS) is 19.4. The lowest BCUT2D eigenvalue weighted by atomic mass is 9.61. The Kier molecular flexibility index (Phi) is 6.22. The quantitative estimate of drug-likeness (QED) is 0.355. The molecule has 1 aromatic carbocycles. The Balaban J connectivity index is 1.45. The van der Waals surface area contributed by atoms with E-state index in [-0.39, 0.29) is 28.9 Å². The van der Waals surface area contributed by atoms with E-state index in [2.05, 4.69) is 32.3 Å². The number of rotatable bonds is 5. The summed E-state index contributed by atoms with van der Waals surface area (Å²) in [4.78, 5) is 10.0. The van der Waals surface area contributed by atoms with Crippen molar-refractivity contribution in [2.24, 2.45) is 5.41 Å². The first-order valence-electron chi connectivity index (χ1n) is 11.5. The van der Waals surface area contributed by atoms with Crippen LogP contribution >= 0.6 is 11.6 Å². The van der Waals surface area contributed by atoms with Crippen LogP contribution in [0.15, 0.2) is 18.5 Å². The van der Waals surface area contributed by atoms with Crippen molar-refractivity contribution in [3.8, 4) is 16.9 Å². The van der Waals surface area contributed by atoms with Gasteiger partial charge in [0.2, 0.25) is 0 Å². The van der Waals surface area contributed by atoms with E-state index in [4.69, 9.17) is 16.3 Å². The van der Waals surface area contributed by atoms with Gasteiger partial charge in [-0.1, -0.05) is 11.6 Å². The van der Waals surface area contributed by atoms with Gasteiger partial charge in [0, 0.05) is 12.1 Å². The minimum atomic E-state index is -4.65. The predicted molar refractivity (Wildman–Crippen MR) is 123 cm³/mol. The highest BCUT2D eigenvalue weighted by molar-refractivity contribution is 6.33. The number of halogens is 6. The highest BCUT2D eigenvalue weighted by Gasteiger charge is 2.46. The summed E-state index contributed by atoms with van der Waals surface area (Å²) in [6.07, 6.45) is -0.00372. The van der Waals surface area contributed by atoms with Gasteiger partial charge in [-0.15, -0.1) is 0 Å². The minimum absolute atomic E-state index is 0.00520. The largest absolute Gasteiger partial charge is 0.490 e. The lowest BCUT2D eigenvalue weighted by Crippen LogP contribution is -2.50. The summed E-state index contributed by atoms with van der Waals surface area (Å²) < 4.78 is 77.3. The summed E-state index contributed by atoms with van der Waals surface area (Å²) in [6, 6.07) is -0.0605. The molecule has 1 saturated heterocycles. The number of ether oxygens (including phenoxy) is 1. The standard InChI is InChI=1S/C23H24ClF5N6O/c1-12(23(27,28)29)32-20-18(19(24)33-21-30-11-31-35(20)21)17-15(25)7-13(8-16(17)26)36-14-9-22(10-14)3-5-34(2)6-4-22/h7-8,11-12,14,32H,3-6,9-10H2,1-2H3/t12-/m0/s1. The topological polar surface area (TPSA) is 67.6 Å². The fraction of sp³-hybridized carbons (Fsp3) is 0.522. The summed E-state index contributed by atoms with van der Waals surface area (Å²) in [5.74, 6) is -2.62. The number of hydrogen-bond acceptors (Lipinski definition) is 6. The second-order valence-corrected chi connectivity index (χ2v) is 10.1. The second kappa shape index (κ2) is 8.98. The summed E-state index contributed by atoms with van der Waals surface area (Å²) in [7, 11) is 2.08. The average molecular weight is 531 g/mol. The van der Waals surface area contributed by atoms with Gasteiger partial charge in [0.15, 0.2) is 0 Å². The lowest BCUT2D eigenvalue weighted by Gasteiger charge is -2.51. The van der Waals surface area contributed by atoms with E-state index in [0.717, 1.165) is 68.7 Å². The molecule has 194 valence electrons. The van der Waals surface area contributed by atoms with Gasteiger partial charge >= 0.3 is 6.18 Å². The van der Waals surface area contributed by atoms with Crippen LogP contribution in [0.25, 0.3) is 16.9 Å². The summed E-state index contributed by atoms with van der Waals surface area (Å²) in [5.41, 5.74) is -0.827. The van der Waals surface area contributed by atoms with Crippen molar-refractivity contribution in [1.29, 1.82) is 0 Å². The molecule has 1 atom stereocenters. The van der Waals surface area contributed by atoms with Crippen LogP contribution in [0.2, 0.25) is 5.15 Å². The molecule has 36 heavy (non-hydrogen) atoms. The lowest BCUT2D eigenvalue weighted by molar-refractivity contribution is -0.138. The molecule has 0 unspecified atom stereocenters. The molecule has 0 bridgehead atoms. The van der Waals surface area contributed by atoms with Crippen molar-refractivity contribution in [1.82, 2.24) is 24.5 Å². The van der Waals surface area contributed by atoms with E-state index < -0.39 is 40.1 Å². The second-order valence-electron chi connectivity index (χ2n) is 9.72. The molecule has 5 rings (SSSR count). The van der Waals surface area contributed by atoms with E-state index >= 15 is 8.78 Å². The number of nitrogens with one attached hydrogen (secondary N) is 1. The smallest absolute Gasteiger partial charge is 0.408 e. The Morgan fingerprint density at radius 3 is 2.39 bits per heavy atom. The molecule has 1 aliphatic heterocycles. The van der Waals surface area contributed by atoms with E-state index in [1.54, 1.807) is 0 Å². The van der Waals surface area contributed by atoms with Crippen LogP contribution in [0.1, 0.15) is 32.6 Å². The summed E-state index contributed by atoms with van der Waals surface area (Å²) >= 11 is 6.21. The van der Waals surface area contributed by atoms with Crippen molar-refractivity contribution in [3.63, 3.8) is 0 Å². The van der Waals surface area contributed by atoms with Gasteiger partial charge in [-0.25, -0.2) is 8.78 Å². The van der Waals surface area contributed by atoms with Gasteiger partial charge in [-0.3, -0.25) is 0 Å². The van der Waals surface area contributed by atoms with Crippen LogP contribution < -0.4 is 10.1 Å². The molecular formula is C23H24ClF5N6O. The van der Waals surface area contributed by atoms with Crippen molar-refractivity contribution in [2.45, 2.75) is 50.9 Å². The van der Waals surface area contributed by atoms with Crippen molar-refractivity contribution >= 4 is 23.2 Å². The van der Waals surface area contributed by atoms with Crippen LogP contribution in [0, 0.1) is 17.0 Å². The number of anilines is 1. The molecule has 2 aromatic heterocycles. The molecule has 2 aliphatic rings. The van der Waals surface area contributed by atoms with Gasteiger partial charge in [-0.2, -0.15) is 32.8 Å². The molecule has 3 heterocycles. The first-order valence-corrected chi connectivity index (χ1v) is 11.9. The number of piperidine rings is 1. The third-order valence-electron chi connectivity index (χ3n) is 7.16. The zero-order chi connectivity index (χ0) is 25.8. The van der Waals surface area contributed by atoms with Crippen LogP contribution in [0.3, 0.4) is 0 Å². The number of fused-ring (bicyclic) bond motifs is 1. The summed E-state index contributed by atoms with van der Waals surface area (Å²) in [6.45, 7) is 2.89. The first kappa shape index (κ1) is 24.9. The minimum Gasteiger partial charge on any atom is -0.490 e. The van der Waals surface area contributed by atoms with E-state index in [0.29, 0.717) is 0 Å². The number of likely N-dealkylation sites (tertiary alicyclic amines) is 1. The molecule has 3 aromatic rings. The fourth-order valence-electron chi connectivity index (χ4n) is 5.00. The molecule has 1 N–H and O–H groups in total. The molecule has 13 heteroatoms. The zero-order valence-electron chi connectivity index (χ0n) is 19.5. The van der Waals surface area contributed by atoms with Crippen LogP contribution in [-0.4, -0.2) is 62.9 Å². The third-order valence-corrected chi connectivity index (χ3v) is 7.44.